The first-order valence-corrected chi connectivity index (χ1v) is 9.64. The van der Waals surface area contributed by atoms with Gasteiger partial charge in [-0.25, -0.2) is 4.98 Å². The minimum Gasteiger partial charge on any atom is -0.494 e. The molecule has 7 nitrogen and oxygen atoms in total. The minimum atomic E-state index is -0.165. The van der Waals surface area contributed by atoms with Crippen molar-refractivity contribution in [2.24, 2.45) is 0 Å². The maximum Gasteiger partial charge on any atom is 0.142 e. The van der Waals surface area contributed by atoms with E-state index in [1.165, 1.54) is 0 Å². The molecule has 0 spiro atoms. The lowest BCUT2D eigenvalue weighted by molar-refractivity contribution is 0.267. The van der Waals surface area contributed by atoms with Crippen LogP contribution in [0.5, 0.6) is 5.75 Å². The molecule has 0 amide bonds. The Bertz CT molecular complexity index is 1070. The van der Waals surface area contributed by atoms with Crippen molar-refractivity contribution in [1.29, 1.82) is 5.26 Å². The molecule has 7 heteroatoms. The van der Waals surface area contributed by atoms with Crippen LogP contribution in [0.1, 0.15) is 37.1 Å². The largest absolute Gasteiger partial charge is 0.494 e. The van der Waals surface area contributed by atoms with Gasteiger partial charge in [0.2, 0.25) is 0 Å². The van der Waals surface area contributed by atoms with Crippen LogP contribution in [0.3, 0.4) is 0 Å². The second kappa shape index (κ2) is 8.76. The third kappa shape index (κ3) is 4.08. The summed E-state index contributed by atoms with van der Waals surface area (Å²) in [7, 11) is 0. The van der Waals surface area contributed by atoms with Gasteiger partial charge in [0.1, 0.15) is 23.2 Å². The lowest BCUT2D eigenvalue weighted by atomic mass is 9.97. The van der Waals surface area contributed by atoms with Crippen LogP contribution >= 0.6 is 0 Å². The third-order valence-corrected chi connectivity index (χ3v) is 4.68. The van der Waals surface area contributed by atoms with Gasteiger partial charge >= 0.3 is 0 Å². The Morgan fingerprint density at radius 2 is 2.03 bits per heavy atom. The fourth-order valence-electron chi connectivity index (χ4n) is 3.33. The van der Waals surface area contributed by atoms with Crippen LogP contribution in [0, 0.1) is 18.3 Å². The molecule has 29 heavy (non-hydrogen) atoms. The average Bonchev–Trinajstić information content (AvgIpc) is 3.08. The molecule has 2 aromatic heterocycles. The summed E-state index contributed by atoms with van der Waals surface area (Å²) >= 11 is 0. The zero-order valence-corrected chi connectivity index (χ0v) is 16.9. The highest BCUT2D eigenvalue weighted by Crippen LogP contribution is 2.34. The molecule has 3 N–H and O–H groups in total. The van der Waals surface area contributed by atoms with Crippen LogP contribution in [0.2, 0.25) is 0 Å². The molecule has 0 saturated carbocycles. The number of rotatable bonds is 7. The summed E-state index contributed by atoms with van der Waals surface area (Å²) in [6, 6.07) is 9.48. The van der Waals surface area contributed by atoms with Crippen molar-refractivity contribution in [2.45, 2.75) is 40.3 Å². The number of aromatic nitrogens is 3. The number of aliphatic hydroxyl groups is 1. The van der Waals surface area contributed by atoms with E-state index in [-0.39, 0.29) is 12.4 Å². The van der Waals surface area contributed by atoms with E-state index in [9.17, 15) is 10.4 Å². The van der Waals surface area contributed by atoms with Gasteiger partial charge in [-0.2, -0.15) is 10.4 Å². The van der Waals surface area contributed by atoms with E-state index in [1.54, 1.807) is 6.07 Å². The molecule has 3 aromatic rings. The van der Waals surface area contributed by atoms with Gasteiger partial charge in [0.25, 0.3) is 0 Å². The molecule has 0 bridgehead atoms. The number of hydrogen-bond acceptors (Lipinski definition) is 6. The average molecular weight is 391 g/mol. The second-order valence-corrected chi connectivity index (χ2v) is 6.73. The Morgan fingerprint density at radius 3 is 2.69 bits per heavy atom. The van der Waals surface area contributed by atoms with Gasteiger partial charge in [-0.15, -0.1) is 0 Å². The van der Waals surface area contributed by atoms with E-state index in [1.807, 2.05) is 42.9 Å². The fraction of sp³-hybridized carbons (Fsp3) is 0.318. The Kier molecular flexibility index (Phi) is 6.15. The topological polar surface area (TPSA) is 110 Å². The molecule has 0 atom stereocenters. The zero-order valence-electron chi connectivity index (χ0n) is 16.9. The standard InChI is InChI=1S/C22H25N5O2/c1-4-8-27-12-19(14(3)26-27)20-10-17(18(11-23)22(24)25-20)15-6-7-21(29-5-2)16(9-15)13-28/h6-7,9-10,12,28H,4-5,8,13H2,1-3H3,(H2,24,25). The Morgan fingerprint density at radius 1 is 1.24 bits per heavy atom. The second-order valence-electron chi connectivity index (χ2n) is 6.73. The van der Waals surface area contributed by atoms with Gasteiger partial charge in [0, 0.05) is 29.4 Å². The number of benzene rings is 1. The van der Waals surface area contributed by atoms with Crippen molar-refractivity contribution in [2.75, 3.05) is 12.3 Å². The Labute approximate surface area is 170 Å². The minimum absolute atomic E-state index is 0.165. The molecule has 2 heterocycles. The van der Waals surface area contributed by atoms with Crippen LogP contribution < -0.4 is 10.5 Å². The highest BCUT2D eigenvalue weighted by molar-refractivity contribution is 5.81. The number of aliphatic hydroxyl groups excluding tert-OH is 1. The zero-order chi connectivity index (χ0) is 21.0. The quantitative estimate of drug-likeness (QED) is 0.636. The predicted molar refractivity (Wildman–Crippen MR) is 112 cm³/mol. The van der Waals surface area contributed by atoms with E-state index < -0.39 is 0 Å². The highest BCUT2D eigenvalue weighted by atomic mass is 16.5. The number of nitrogens with two attached hydrogens (primary N) is 1. The van der Waals surface area contributed by atoms with Gasteiger partial charge in [0.05, 0.1) is 24.6 Å². The maximum atomic E-state index is 9.73. The van der Waals surface area contributed by atoms with Crippen LogP contribution in [0.15, 0.2) is 30.5 Å². The smallest absolute Gasteiger partial charge is 0.142 e. The van der Waals surface area contributed by atoms with Crippen molar-refractivity contribution in [1.82, 2.24) is 14.8 Å². The van der Waals surface area contributed by atoms with Crippen LogP contribution in [-0.2, 0) is 13.2 Å². The third-order valence-electron chi connectivity index (χ3n) is 4.68. The van der Waals surface area contributed by atoms with Gasteiger partial charge in [-0.1, -0.05) is 13.0 Å². The highest BCUT2D eigenvalue weighted by Gasteiger charge is 2.17. The van der Waals surface area contributed by atoms with Crippen LogP contribution in [0.25, 0.3) is 22.4 Å². The summed E-state index contributed by atoms with van der Waals surface area (Å²) in [6.45, 7) is 7.07. The van der Waals surface area contributed by atoms with E-state index in [0.717, 1.165) is 29.8 Å². The van der Waals surface area contributed by atoms with E-state index in [4.69, 9.17) is 10.5 Å². The number of aryl methyl sites for hydroxylation is 2. The number of nitrogens with zero attached hydrogens (tertiary/aromatic N) is 4. The first kappa shape index (κ1) is 20.4. The first-order chi connectivity index (χ1) is 14.0. The van der Waals surface area contributed by atoms with Crippen molar-refractivity contribution < 1.29 is 9.84 Å². The molecule has 0 aliphatic rings. The molecule has 1 aromatic carbocycles. The Balaban J connectivity index is 2.16. The summed E-state index contributed by atoms with van der Waals surface area (Å²) in [5.74, 6) is 0.790. The van der Waals surface area contributed by atoms with Crippen molar-refractivity contribution in [3.05, 3.63) is 47.3 Å². The van der Waals surface area contributed by atoms with Crippen molar-refractivity contribution in [3.8, 4) is 34.2 Å². The normalized spacial score (nSPS) is 10.7. The Hall–Kier alpha value is -3.37. The number of anilines is 1. The summed E-state index contributed by atoms with van der Waals surface area (Å²) in [6.07, 6.45) is 2.93. The van der Waals surface area contributed by atoms with E-state index in [0.29, 0.717) is 34.7 Å². The maximum absolute atomic E-state index is 9.73. The summed E-state index contributed by atoms with van der Waals surface area (Å²) in [5.41, 5.74) is 10.9. The van der Waals surface area contributed by atoms with Crippen LogP contribution in [-0.4, -0.2) is 26.5 Å². The lowest BCUT2D eigenvalue weighted by Crippen LogP contribution is -2.01. The number of pyridine rings is 1. The monoisotopic (exact) mass is 391 g/mol. The SMILES string of the molecule is CCCn1cc(-c2cc(-c3ccc(OCC)c(CO)c3)c(C#N)c(N)n2)c(C)n1. The van der Waals surface area contributed by atoms with Gasteiger partial charge in [-0.05, 0) is 44.0 Å². The first-order valence-electron chi connectivity index (χ1n) is 9.64. The molecule has 0 fully saturated rings. The molecule has 0 radical (unpaired) electrons. The number of hydrogen-bond donors (Lipinski definition) is 2. The van der Waals surface area contributed by atoms with Gasteiger partial charge in [0.15, 0.2) is 0 Å². The molecule has 150 valence electrons. The number of ether oxygens (including phenoxy) is 1. The molecular weight excluding hydrogens is 366 g/mol. The molecule has 0 aliphatic carbocycles. The summed E-state index contributed by atoms with van der Waals surface area (Å²) in [5, 5.41) is 23.9. The van der Waals surface area contributed by atoms with Crippen molar-refractivity contribution >= 4 is 5.82 Å². The van der Waals surface area contributed by atoms with Crippen LogP contribution in [0.4, 0.5) is 5.82 Å². The van der Waals surface area contributed by atoms with Gasteiger partial charge < -0.3 is 15.6 Å². The molecule has 0 unspecified atom stereocenters. The number of nitrogen functional groups attached to an aromatic ring is 1. The fourth-order valence-corrected chi connectivity index (χ4v) is 3.33. The van der Waals surface area contributed by atoms with Gasteiger partial charge in [-0.3, -0.25) is 4.68 Å². The number of nitriles is 1. The predicted octanol–water partition coefficient (Wildman–Crippen LogP) is 3.68. The molecule has 0 saturated heterocycles. The van der Waals surface area contributed by atoms with E-state index in [2.05, 4.69) is 23.1 Å². The summed E-state index contributed by atoms with van der Waals surface area (Å²) in [4.78, 5) is 4.45. The summed E-state index contributed by atoms with van der Waals surface area (Å²) < 4.78 is 7.45. The molecular formula is C22H25N5O2. The van der Waals surface area contributed by atoms with E-state index >= 15 is 0 Å². The molecule has 3 rings (SSSR count). The lowest BCUT2D eigenvalue weighted by Gasteiger charge is -2.13. The molecule has 0 aliphatic heterocycles. The van der Waals surface area contributed by atoms with Crippen molar-refractivity contribution in [3.63, 3.8) is 0 Å².